The minimum atomic E-state index is -1.36. The van der Waals surface area contributed by atoms with Crippen LogP contribution in [0.1, 0.15) is 91.4 Å². The molecule has 4 aliphatic carbocycles. The molecule has 4 saturated carbocycles. The van der Waals surface area contributed by atoms with E-state index in [4.69, 9.17) is 5.73 Å². The molecule has 8 rings (SSSR count). The summed E-state index contributed by atoms with van der Waals surface area (Å²) in [5.41, 5.74) is 7.62. The number of hydrogen-bond acceptors (Lipinski definition) is 7. The first-order chi connectivity index (χ1) is 23.9. The molecule has 258 valence electrons. The molecule has 50 heavy (non-hydrogen) atoms. The van der Waals surface area contributed by atoms with Crippen molar-refractivity contribution in [3.05, 3.63) is 88.7 Å². The summed E-state index contributed by atoms with van der Waals surface area (Å²) >= 11 is 0. The molecular weight excluding hydrogens is 640 g/mol. The number of aromatic carboxylic acids is 2. The van der Waals surface area contributed by atoms with Crippen molar-refractivity contribution in [2.75, 3.05) is 24.1 Å². The number of nitrogens with zero attached hydrogens (tertiary/aromatic N) is 1. The number of carboxylic acids is 2. The Balaban J connectivity index is 1.12. The van der Waals surface area contributed by atoms with Gasteiger partial charge in [0.05, 0.1) is 45.5 Å². The first-order valence-electron chi connectivity index (χ1n) is 16.8. The molecule has 0 radical (unpaired) electrons. The normalized spacial score (nSPS) is 22.5. The quantitative estimate of drug-likeness (QED) is 0.110. The largest absolute Gasteiger partial charge is 0.478 e. The number of carbonyl (C=O) groups excluding carboxylic acids is 3. The zero-order valence-corrected chi connectivity index (χ0v) is 27.2. The summed E-state index contributed by atoms with van der Waals surface area (Å²) in [6, 6.07) is 12.9. The number of imidazole rings is 1. The molecular formula is C37H38N6O7. The lowest BCUT2D eigenvalue weighted by Gasteiger charge is -2.56. The van der Waals surface area contributed by atoms with Crippen molar-refractivity contribution in [2.45, 2.75) is 44.4 Å². The van der Waals surface area contributed by atoms with E-state index in [1.165, 1.54) is 25.6 Å². The fraction of sp³-hybridized carbons (Fsp3) is 0.351. The van der Waals surface area contributed by atoms with E-state index in [1.807, 2.05) is 0 Å². The lowest BCUT2D eigenvalue weighted by molar-refractivity contribution is -0.117. The highest BCUT2D eigenvalue weighted by molar-refractivity contribution is 6.10. The number of nitrogens with two attached hydrogens (primary N) is 1. The van der Waals surface area contributed by atoms with Gasteiger partial charge in [0.15, 0.2) is 0 Å². The number of amides is 3. The maximum absolute atomic E-state index is 13.9. The van der Waals surface area contributed by atoms with Gasteiger partial charge in [-0.25, -0.2) is 14.6 Å². The Morgan fingerprint density at radius 2 is 1.40 bits per heavy atom. The molecule has 3 amide bonds. The van der Waals surface area contributed by atoms with E-state index in [9.17, 15) is 34.2 Å². The van der Waals surface area contributed by atoms with E-state index < -0.39 is 29.7 Å². The fourth-order valence-corrected chi connectivity index (χ4v) is 8.78. The third-order valence-electron chi connectivity index (χ3n) is 10.7. The Kier molecular flexibility index (Phi) is 8.50. The zero-order valence-electron chi connectivity index (χ0n) is 27.2. The van der Waals surface area contributed by atoms with E-state index >= 15 is 0 Å². The second-order valence-electron chi connectivity index (χ2n) is 14.2. The smallest absolute Gasteiger partial charge is 0.335 e. The Hall–Kier alpha value is -5.72. The van der Waals surface area contributed by atoms with Gasteiger partial charge in [-0.1, -0.05) is 12.1 Å². The van der Waals surface area contributed by atoms with Crippen LogP contribution in [0.2, 0.25) is 0 Å². The van der Waals surface area contributed by atoms with Crippen LogP contribution in [0, 0.1) is 23.2 Å². The highest BCUT2D eigenvalue weighted by Crippen LogP contribution is 2.59. The van der Waals surface area contributed by atoms with E-state index in [0.29, 0.717) is 28.8 Å². The van der Waals surface area contributed by atoms with Crippen LogP contribution in [-0.4, -0.2) is 62.9 Å². The number of benzene rings is 3. The standard InChI is InChI=1S/C37H38N6O7/c38-25-3-1-22(2-4-25)29(34(46)43-26-9-23(35(47)48)8-24(10-26)36(49)50)16-39-32(44)27-11-30-31(42-18-41-30)12-28(27)33(45)40-17-37-13-19-5-20(14-37)7-21(6-19)15-37/h1-4,8-12,18-21,29H,5-7,13-17,38H2,(H,39,44)(H,40,45)(H,41,42)(H,43,46)(H,47,48)(H,49,50). The van der Waals surface area contributed by atoms with Gasteiger partial charge in [0.1, 0.15) is 0 Å². The predicted molar refractivity (Wildman–Crippen MR) is 184 cm³/mol. The molecule has 0 saturated heterocycles. The summed E-state index contributed by atoms with van der Waals surface area (Å²) in [5.74, 6) is -3.14. The van der Waals surface area contributed by atoms with Crippen LogP contribution in [0.5, 0.6) is 0 Å². The highest BCUT2D eigenvalue weighted by atomic mass is 16.4. The van der Waals surface area contributed by atoms with Crippen molar-refractivity contribution in [3.8, 4) is 0 Å². The summed E-state index contributed by atoms with van der Waals surface area (Å²) in [4.78, 5) is 71.9. The number of fused-ring (bicyclic) bond motifs is 1. The van der Waals surface area contributed by atoms with Gasteiger partial charge in [0, 0.05) is 24.5 Å². The molecule has 0 aliphatic heterocycles. The van der Waals surface area contributed by atoms with Crippen LogP contribution in [-0.2, 0) is 4.79 Å². The summed E-state index contributed by atoms with van der Waals surface area (Å²) in [6.07, 6.45) is 8.74. The molecule has 4 fully saturated rings. The molecule has 1 atom stereocenters. The van der Waals surface area contributed by atoms with Gasteiger partial charge in [-0.05, 0) is 110 Å². The number of aromatic nitrogens is 2. The molecule has 13 heteroatoms. The van der Waals surface area contributed by atoms with Crippen LogP contribution in [0.3, 0.4) is 0 Å². The summed E-state index contributed by atoms with van der Waals surface area (Å²) in [6.45, 7) is 0.343. The topological polar surface area (TPSA) is 217 Å². The molecule has 1 unspecified atom stereocenters. The summed E-state index contributed by atoms with van der Waals surface area (Å²) < 4.78 is 0. The molecule has 0 spiro atoms. The van der Waals surface area contributed by atoms with Crippen LogP contribution in [0.15, 0.2) is 60.9 Å². The minimum absolute atomic E-state index is 0.0407. The number of H-pyrrole nitrogens is 1. The third kappa shape index (κ3) is 6.63. The average molecular weight is 679 g/mol. The lowest BCUT2D eigenvalue weighted by Crippen LogP contribution is -2.51. The Morgan fingerprint density at radius 1 is 0.820 bits per heavy atom. The van der Waals surface area contributed by atoms with Gasteiger partial charge in [0.25, 0.3) is 11.8 Å². The Morgan fingerprint density at radius 3 is 2.00 bits per heavy atom. The number of hydrogen-bond donors (Lipinski definition) is 7. The van der Waals surface area contributed by atoms with Gasteiger partial charge >= 0.3 is 11.9 Å². The molecule has 4 bridgehead atoms. The van der Waals surface area contributed by atoms with Gasteiger partial charge in [0.2, 0.25) is 5.91 Å². The number of aromatic amines is 1. The van der Waals surface area contributed by atoms with E-state index in [2.05, 4.69) is 25.9 Å². The first-order valence-corrected chi connectivity index (χ1v) is 16.8. The number of nitrogen functional groups attached to an aromatic ring is 1. The highest BCUT2D eigenvalue weighted by Gasteiger charge is 2.50. The minimum Gasteiger partial charge on any atom is -0.478 e. The SMILES string of the molecule is Nc1ccc(C(CNC(=O)c2cc3nc[nH]c3cc2C(=O)NCC23CC4CC(CC(C4)C2)C3)C(=O)Nc2cc(C(=O)O)cc(C(=O)O)c2)cc1. The van der Waals surface area contributed by atoms with Crippen molar-refractivity contribution in [3.63, 3.8) is 0 Å². The van der Waals surface area contributed by atoms with Crippen molar-refractivity contribution in [2.24, 2.45) is 23.2 Å². The average Bonchev–Trinajstić information content (AvgIpc) is 3.54. The van der Waals surface area contributed by atoms with Gasteiger partial charge in [-0.15, -0.1) is 0 Å². The maximum Gasteiger partial charge on any atom is 0.335 e. The number of anilines is 2. The van der Waals surface area contributed by atoms with Crippen molar-refractivity contribution >= 4 is 52.1 Å². The van der Waals surface area contributed by atoms with E-state index in [-0.39, 0.29) is 45.8 Å². The van der Waals surface area contributed by atoms with Crippen molar-refractivity contribution in [1.82, 2.24) is 20.6 Å². The zero-order chi connectivity index (χ0) is 35.2. The summed E-state index contributed by atoms with van der Waals surface area (Å²) in [5, 5.41) is 27.5. The van der Waals surface area contributed by atoms with Crippen molar-refractivity contribution < 1.29 is 34.2 Å². The Bertz CT molecular complexity index is 1950. The fourth-order valence-electron chi connectivity index (χ4n) is 8.78. The molecule has 1 heterocycles. The second-order valence-corrected chi connectivity index (χ2v) is 14.2. The van der Waals surface area contributed by atoms with E-state index in [1.54, 1.807) is 36.4 Å². The molecule has 13 nitrogen and oxygen atoms in total. The van der Waals surface area contributed by atoms with Crippen LogP contribution in [0.25, 0.3) is 11.0 Å². The predicted octanol–water partition coefficient (Wildman–Crippen LogP) is 4.64. The number of carbonyl (C=O) groups is 5. The second kappa shape index (κ2) is 13.0. The first kappa shape index (κ1) is 32.8. The number of nitrogens with one attached hydrogen (secondary N) is 4. The van der Waals surface area contributed by atoms with Crippen LogP contribution >= 0.6 is 0 Å². The van der Waals surface area contributed by atoms with Crippen LogP contribution < -0.4 is 21.7 Å². The number of rotatable bonds is 11. The molecule has 4 aromatic rings. The lowest BCUT2D eigenvalue weighted by atomic mass is 9.49. The van der Waals surface area contributed by atoms with Gasteiger partial charge in [-0.3, -0.25) is 14.4 Å². The van der Waals surface area contributed by atoms with Gasteiger partial charge < -0.3 is 36.9 Å². The van der Waals surface area contributed by atoms with Crippen LogP contribution in [0.4, 0.5) is 11.4 Å². The Labute approximate surface area is 287 Å². The maximum atomic E-state index is 13.9. The monoisotopic (exact) mass is 678 g/mol. The summed E-state index contributed by atoms with van der Waals surface area (Å²) in [7, 11) is 0. The number of carboxylic acid groups (broad SMARTS) is 2. The molecule has 1 aromatic heterocycles. The van der Waals surface area contributed by atoms with E-state index in [0.717, 1.165) is 55.2 Å². The molecule has 8 N–H and O–H groups in total. The molecule has 4 aliphatic rings. The van der Waals surface area contributed by atoms with Gasteiger partial charge in [-0.2, -0.15) is 0 Å². The third-order valence-corrected chi connectivity index (χ3v) is 10.7. The van der Waals surface area contributed by atoms with Crippen molar-refractivity contribution in [1.29, 1.82) is 0 Å². The molecule has 3 aromatic carbocycles.